The molecule has 0 amide bonds. The smallest absolute Gasteiger partial charge is 0.299 e. The van der Waals surface area contributed by atoms with Crippen LogP contribution in [-0.2, 0) is 6.05 Å². The maximum atomic E-state index is 12.7. The van der Waals surface area contributed by atoms with Crippen molar-refractivity contribution in [1.29, 1.82) is 0 Å². The van der Waals surface area contributed by atoms with Gasteiger partial charge in [0.05, 0.1) is 0 Å². The lowest BCUT2D eigenvalue weighted by Gasteiger charge is -2.21. The zero-order chi connectivity index (χ0) is 11.9. The second-order valence-corrected chi connectivity index (χ2v) is 2.91. The second-order valence-electron chi connectivity index (χ2n) is 2.52. The lowest BCUT2D eigenvalue weighted by Crippen LogP contribution is -2.40. The first-order chi connectivity index (χ1) is 6.66. The molecule has 3 nitrogen and oxygen atoms in total. The molecule has 84 valence electrons. The van der Waals surface area contributed by atoms with Gasteiger partial charge in [-0.1, -0.05) is 0 Å². The summed E-state index contributed by atoms with van der Waals surface area (Å²) in [5.74, 6) is 0. The van der Waals surface area contributed by atoms with Crippen molar-refractivity contribution in [2.75, 3.05) is 0 Å². The van der Waals surface area contributed by atoms with Gasteiger partial charge in [0.25, 0.3) is 5.56 Å². The highest BCUT2D eigenvalue weighted by atomic mass is 32.1. The van der Waals surface area contributed by atoms with E-state index < -0.39 is 27.1 Å². The summed E-state index contributed by atoms with van der Waals surface area (Å²) in [4.78, 5) is 12.2. The fourth-order valence-electron chi connectivity index (χ4n) is 0.775. The summed E-state index contributed by atoms with van der Waals surface area (Å²) in [6.45, 7) is 0. The van der Waals surface area contributed by atoms with Gasteiger partial charge in [-0.15, -0.1) is 0 Å². The number of hydrogen-bond acceptors (Lipinski definition) is 2. The molecule has 1 aromatic rings. The summed E-state index contributed by atoms with van der Waals surface area (Å²) in [6, 6.07) is -4.62. The number of aromatic nitrogens is 2. The fourth-order valence-corrected chi connectivity index (χ4v) is 1.05. The molecule has 0 atom stereocenters. The maximum Gasteiger partial charge on any atom is 0.475 e. The Morgan fingerprint density at radius 2 is 1.80 bits per heavy atom. The van der Waals surface area contributed by atoms with Gasteiger partial charge < -0.3 is 0 Å². The van der Waals surface area contributed by atoms with Crippen molar-refractivity contribution in [3.05, 3.63) is 27.4 Å². The molecule has 1 N–H and O–H groups in total. The van der Waals surface area contributed by atoms with E-state index in [-0.39, 0.29) is 6.20 Å². The SMILES string of the molecule is O=c1ccn(C(F)(F)C(F)(F)F)c(=S)[nH]1. The molecule has 15 heavy (non-hydrogen) atoms. The van der Waals surface area contributed by atoms with Crippen LogP contribution >= 0.6 is 12.2 Å². The molecule has 0 spiro atoms. The van der Waals surface area contributed by atoms with Gasteiger partial charge in [-0.3, -0.25) is 14.3 Å². The molecule has 0 bridgehead atoms. The van der Waals surface area contributed by atoms with Gasteiger partial charge in [0.2, 0.25) is 0 Å². The Morgan fingerprint density at radius 1 is 1.27 bits per heavy atom. The first kappa shape index (κ1) is 11.8. The zero-order valence-electron chi connectivity index (χ0n) is 6.81. The highest BCUT2D eigenvalue weighted by molar-refractivity contribution is 7.71. The fraction of sp³-hybridized carbons (Fsp3) is 0.333. The molecule has 1 rings (SSSR count). The maximum absolute atomic E-state index is 12.7. The first-order valence-electron chi connectivity index (χ1n) is 3.43. The summed E-state index contributed by atoms with van der Waals surface area (Å²) < 4.78 is 59.6. The summed E-state index contributed by atoms with van der Waals surface area (Å²) >= 11 is 4.18. The minimum absolute atomic E-state index is 0.286. The molecule has 0 aromatic carbocycles. The van der Waals surface area contributed by atoms with Crippen molar-refractivity contribution in [3.8, 4) is 0 Å². The number of alkyl halides is 5. The monoisotopic (exact) mass is 246 g/mol. The third-order valence-electron chi connectivity index (χ3n) is 1.47. The molecular formula is C6H3F5N2OS. The molecule has 0 aliphatic heterocycles. The Kier molecular flexibility index (Phi) is 2.68. The van der Waals surface area contributed by atoms with Crippen LogP contribution in [0, 0.1) is 4.77 Å². The van der Waals surface area contributed by atoms with E-state index in [0.717, 1.165) is 0 Å². The average Bonchev–Trinajstić information content (AvgIpc) is 2.00. The molecule has 0 radical (unpaired) electrons. The van der Waals surface area contributed by atoms with Crippen molar-refractivity contribution < 1.29 is 22.0 Å². The number of nitrogens with one attached hydrogen (secondary N) is 1. The van der Waals surface area contributed by atoms with Gasteiger partial charge in [-0.25, -0.2) is 0 Å². The number of H-pyrrole nitrogens is 1. The number of rotatable bonds is 1. The van der Waals surface area contributed by atoms with Crippen molar-refractivity contribution in [2.45, 2.75) is 12.2 Å². The molecule has 1 aromatic heterocycles. The molecule has 0 fully saturated rings. The predicted molar refractivity (Wildman–Crippen MR) is 42.1 cm³/mol. The van der Waals surface area contributed by atoms with E-state index in [4.69, 9.17) is 0 Å². The third-order valence-corrected chi connectivity index (χ3v) is 1.77. The lowest BCUT2D eigenvalue weighted by atomic mass is 10.5. The van der Waals surface area contributed by atoms with Crippen LogP contribution in [0.25, 0.3) is 0 Å². The molecule has 0 aliphatic carbocycles. The van der Waals surface area contributed by atoms with Gasteiger partial charge >= 0.3 is 12.2 Å². The lowest BCUT2D eigenvalue weighted by molar-refractivity contribution is -0.325. The Hall–Kier alpha value is -1.25. The molecule has 0 unspecified atom stereocenters. The number of hydrogen-bond donors (Lipinski definition) is 1. The van der Waals surface area contributed by atoms with Crippen LogP contribution in [0.2, 0.25) is 0 Å². The Morgan fingerprint density at radius 3 is 2.20 bits per heavy atom. The number of halogens is 5. The van der Waals surface area contributed by atoms with Crippen LogP contribution in [0.5, 0.6) is 0 Å². The zero-order valence-corrected chi connectivity index (χ0v) is 7.62. The van der Waals surface area contributed by atoms with E-state index >= 15 is 0 Å². The molecule has 0 saturated heterocycles. The van der Waals surface area contributed by atoms with Gasteiger partial charge in [0.15, 0.2) is 4.77 Å². The van der Waals surface area contributed by atoms with Crippen molar-refractivity contribution >= 4 is 12.2 Å². The quantitative estimate of drug-likeness (QED) is 0.608. The third kappa shape index (κ3) is 2.06. The standard InChI is InChI=1S/C6H3F5N2OS/c7-5(8,9)6(10,11)13-2-1-3(14)12-4(13)15/h1-2H,(H,12,14,15). The molecule has 9 heteroatoms. The van der Waals surface area contributed by atoms with E-state index in [1.807, 2.05) is 0 Å². The average molecular weight is 246 g/mol. The Balaban J connectivity index is 3.41. The molecular weight excluding hydrogens is 243 g/mol. The second kappa shape index (κ2) is 3.40. The summed E-state index contributed by atoms with van der Waals surface area (Å²) in [7, 11) is 0. The first-order valence-corrected chi connectivity index (χ1v) is 3.84. The minimum atomic E-state index is -5.77. The van der Waals surface area contributed by atoms with Crippen LogP contribution in [0.1, 0.15) is 0 Å². The molecule has 0 saturated carbocycles. The van der Waals surface area contributed by atoms with E-state index in [0.29, 0.717) is 6.07 Å². The molecule has 0 aliphatic rings. The van der Waals surface area contributed by atoms with Crippen LogP contribution in [0.15, 0.2) is 17.1 Å². The topological polar surface area (TPSA) is 37.8 Å². The molecule has 1 heterocycles. The van der Waals surface area contributed by atoms with Crippen LogP contribution in [-0.4, -0.2) is 15.7 Å². The minimum Gasteiger partial charge on any atom is -0.299 e. The summed E-state index contributed by atoms with van der Waals surface area (Å²) in [5, 5.41) is 0. The highest BCUT2D eigenvalue weighted by Crippen LogP contribution is 2.39. The van der Waals surface area contributed by atoms with Gasteiger partial charge in [-0.2, -0.15) is 22.0 Å². The van der Waals surface area contributed by atoms with E-state index in [1.165, 1.54) is 0 Å². The summed E-state index contributed by atoms with van der Waals surface area (Å²) in [5.41, 5.74) is -0.853. The van der Waals surface area contributed by atoms with Gasteiger partial charge in [0, 0.05) is 12.3 Å². The van der Waals surface area contributed by atoms with Crippen LogP contribution in [0.4, 0.5) is 22.0 Å². The van der Waals surface area contributed by atoms with Gasteiger partial charge in [0.1, 0.15) is 0 Å². The van der Waals surface area contributed by atoms with E-state index in [1.54, 1.807) is 4.98 Å². The van der Waals surface area contributed by atoms with E-state index in [9.17, 15) is 26.7 Å². The van der Waals surface area contributed by atoms with Crippen molar-refractivity contribution in [3.63, 3.8) is 0 Å². The van der Waals surface area contributed by atoms with Crippen molar-refractivity contribution in [1.82, 2.24) is 9.55 Å². The highest BCUT2D eigenvalue weighted by Gasteiger charge is 2.59. The van der Waals surface area contributed by atoms with Crippen LogP contribution < -0.4 is 5.56 Å². The number of aromatic amines is 1. The Bertz CT molecular complexity index is 473. The van der Waals surface area contributed by atoms with Gasteiger partial charge in [-0.05, 0) is 12.2 Å². The largest absolute Gasteiger partial charge is 0.475 e. The van der Waals surface area contributed by atoms with E-state index in [2.05, 4.69) is 12.2 Å². The number of nitrogens with zero attached hydrogens (tertiary/aromatic N) is 1. The normalized spacial score (nSPS) is 12.9. The summed E-state index contributed by atoms with van der Waals surface area (Å²) in [6.07, 6.45) is -5.49. The van der Waals surface area contributed by atoms with Crippen molar-refractivity contribution in [2.24, 2.45) is 0 Å². The Labute approximate surface area is 84.2 Å². The predicted octanol–water partition coefficient (Wildman–Crippen LogP) is 2.02. The van der Waals surface area contributed by atoms with Crippen LogP contribution in [0.3, 0.4) is 0 Å².